The van der Waals surface area contributed by atoms with Crippen LogP contribution in [-0.4, -0.2) is 48.8 Å². The fourth-order valence-corrected chi connectivity index (χ4v) is 5.28. The third-order valence-corrected chi connectivity index (χ3v) is 6.74. The molecule has 1 aliphatic heterocycles. The standard InChI is InChI=1S/C22H21F3N4O3/c23-22(24,25)17-4-2-1-3-16(17)13-7-14-9-28(10-15(14)8-13)20(30)19-27-26-18-6-5-12(21(31)32)11-29(18)19/h1-6,11,13-15,20,30H,7-10H2,(H,31,32)/t13-,14-,15+,20?. The molecule has 1 saturated heterocycles. The number of aliphatic hydroxyl groups is 1. The second-order valence-corrected chi connectivity index (χ2v) is 8.61. The molecule has 2 aliphatic rings. The number of pyridine rings is 1. The first-order chi connectivity index (χ1) is 15.2. The molecule has 1 aliphatic carbocycles. The molecule has 2 N–H and O–H groups in total. The monoisotopic (exact) mass is 446 g/mol. The third kappa shape index (κ3) is 3.53. The Bertz CT molecular complexity index is 1160. The van der Waals surface area contributed by atoms with E-state index in [-0.39, 0.29) is 29.1 Å². The number of rotatable bonds is 4. The lowest BCUT2D eigenvalue weighted by molar-refractivity contribution is -0.138. The molecule has 5 rings (SSSR count). The molecule has 168 valence electrons. The molecular weight excluding hydrogens is 425 g/mol. The van der Waals surface area contributed by atoms with E-state index in [1.807, 2.05) is 4.90 Å². The zero-order valence-electron chi connectivity index (χ0n) is 16.9. The molecule has 0 amide bonds. The molecule has 7 nitrogen and oxygen atoms in total. The van der Waals surface area contributed by atoms with Gasteiger partial charge in [0.05, 0.1) is 11.1 Å². The Balaban J connectivity index is 1.33. The number of carboxylic acids is 1. The normalized spacial score (nSPS) is 24.7. The van der Waals surface area contributed by atoms with Crippen LogP contribution < -0.4 is 0 Å². The van der Waals surface area contributed by atoms with E-state index in [2.05, 4.69) is 10.2 Å². The van der Waals surface area contributed by atoms with Crippen molar-refractivity contribution in [3.8, 4) is 0 Å². The molecule has 3 heterocycles. The van der Waals surface area contributed by atoms with Gasteiger partial charge < -0.3 is 10.2 Å². The molecule has 1 unspecified atom stereocenters. The minimum atomic E-state index is -4.37. The largest absolute Gasteiger partial charge is 0.478 e. The van der Waals surface area contributed by atoms with Crippen LogP contribution in [0.5, 0.6) is 0 Å². The van der Waals surface area contributed by atoms with Crippen LogP contribution in [-0.2, 0) is 6.18 Å². The number of aliphatic hydroxyl groups excluding tert-OH is 1. The highest BCUT2D eigenvalue weighted by molar-refractivity contribution is 5.87. The summed E-state index contributed by atoms with van der Waals surface area (Å²) in [6.45, 7) is 1.06. The summed E-state index contributed by atoms with van der Waals surface area (Å²) in [4.78, 5) is 13.1. The second kappa shape index (κ2) is 7.56. The van der Waals surface area contributed by atoms with Crippen LogP contribution in [0.4, 0.5) is 13.2 Å². The van der Waals surface area contributed by atoms with Crippen molar-refractivity contribution in [2.24, 2.45) is 11.8 Å². The summed E-state index contributed by atoms with van der Waals surface area (Å²) in [5.74, 6) is -0.687. The topological polar surface area (TPSA) is 91.0 Å². The quantitative estimate of drug-likeness (QED) is 0.637. The molecule has 3 aromatic rings. The van der Waals surface area contributed by atoms with Gasteiger partial charge in [-0.1, -0.05) is 18.2 Å². The molecule has 1 aromatic carbocycles. The van der Waals surface area contributed by atoms with Gasteiger partial charge in [0.2, 0.25) is 0 Å². The lowest BCUT2D eigenvalue weighted by Crippen LogP contribution is -2.29. The van der Waals surface area contributed by atoms with Gasteiger partial charge in [-0.05, 0) is 54.4 Å². The Labute approximate surface area is 181 Å². The Morgan fingerprint density at radius 3 is 2.41 bits per heavy atom. The first-order valence-corrected chi connectivity index (χ1v) is 10.4. The van der Waals surface area contributed by atoms with Gasteiger partial charge in [0.1, 0.15) is 0 Å². The summed E-state index contributed by atoms with van der Waals surface area (Å²) < 4.78 is 41.8. The van der Waals surface area contributed by atoms with Gasteiger partial charge in [-0.3, -0.25) is 9.30 Å². The zero-order chi connectivity index (χ0) is 22.6. The van der Waals surface area contributed by atoms with Crippen LogP contribution in [0, 0.1) is 11.8 Å². The maximum Gasteiger partial charge on any atom is 0.416 e. The van der Waals surface area contributed by atoms with E-state index in [4.69, 9.17) is 0 Å². The average Bonchev–Trinajstić information content (AvgIpc) is 3.45. The van der Waals surface area contributed by atoms with E-state index >= 15 is 0 Å². The highest BCUT2D eigenvalue weighted by atomic mass is 19.4. The number of aromatic carboxylic acids is 1. The van der Waals surface area contributed by atoms with Crippen molar-refractivity contribution in [3.05, 3.63) is 65.1 Å². The van der Waals surface area contributed by atoms with E-state index in [9.17, 15) is 28.2 Å². The number of benzene rings is 1. The fraction of sp³-hybridized carbons (Fsp3) is 0.409. The minimum absolute atomic E-state index is 0.0511. The zero-order valence-corrected chi connectivity index (χ0v) is 16.9. The molecule has 4 atom stereocenters. The summed E-state index contributed by atoms with van der Waals surface area (Å²) in [6.07, 6.45) is -2.83. The van der Waals surface area contributed by atoms with Gasteiger partial charge in [0.25, 0.3) is 0 Å². The highest BCUT2D eigenvalue weighted by Crippen LogP contribution is 2.49. The molecule has 2 aromatic heterocycles. The molecule has 0 spiro atoms. The van der Waals surface area contributed by atoms with E-state index in [1.54, 1.807) is 12.1 Å². The van der Waals surface area contributed by atoms with E-state index in [0.717, 1.165) is 6.07 Å². The molecule has 1 saturated carbocycles. The number of nitrogens with zero attached hydrogens (tertiary/aromatic N) is 4. The third-order valence-electron chi connectivity index (χ3n) is 6.74. The van der Waals surface area contributed by atoms with Gasteiger partial charge in [0, 0.05) is 19.3 Å². The van der Waals surface area contributed by atoms with E-state index < -0.39 is 23.9 Å². The summed E-state index contributed by atoms with van der Waals surface area (Å²) in [6, 6.07) is 8.72. The summed E-state index contributed by atoms with van der Waals surface area (Å²) in [7, 11) is 0. The first-order valence-electron chi connectivity index (χ1n) is 10.4. The number of carbonyl (C=O) groups is 1. The predicted molar refractivity (Wildman–Crippen MR) is 107 cm³/mol. The van der Waals surface area contributed by atoms with E-state index in [0.29, 0.717) is 37.1 Å². The van der Waals surface area contributed by atoms with Crippen LogP contribution in [0.1, 0.15) is 52.3 Å². The van der Waals surface area contributed by atoms with Crippen molar-refractivity contribution < 1.29 is 28.2 Å². The SMILES string of the molecule is O=C(O)c1ccc2nnc(C(O)N3C[C@H]4C[C@@H](c5ccccc5C(F)(F)F)C[C@H]4C3)n2c1. The average molecular weight is 446 g/mol. The minimum Gasteiger partial charge on any atom is -0.478 e. The Kier molecular flexibility index (Phi) is 4.94. The molecule has 2 fully saturated rings. The summed E-state index contributed by atoms with van der Waals surface area (Å²) in [5.41, 5.74) is 0.264. The van der Waals surface area contributed by atoms with Gasteiger partial charge in [0.15, 0.2) is 17.7 Å². The van der Waals surface area contributed by atoms with Gasteiger partial charge in [-0.15, -0.1) is 10.2 Å². The maximum absolute atomic E-state index is 13.4. The van der Waals surface area contributed by atoms with Crippen molar-refractivity contribution in [1.29, 1.82) is 0 Å². The predicted octanol–water partition coefficient (Wildman–Crippen LogP) is 3.56. The van der Waals surface area contributed by atoms with Crippen molar-refractivity contribution in [2.75, 3.05) is 13.1 Å². The van der Waals surface area contributed by atoms with Crippen molar-refractivity contribution in [3.63, 3.8) is 0 Å². The lowest BCUT2D eigenvalue weighted by atomic mass is 9.91. The molecule has 32 heavy (non-hydrogen) atoms. The summed E-state index contributed by atoms with van der Waals surface area (Å²) in [5, 5.41) is 28.2. The van der Waals surface area contributed by atoms with Crippen LogP contribution in [0.15, 0.2) is 42.6 Å². The number of hydrogen-bond donors (Lipinski definition) is 2. The van der Waals surface area contributed by atoms with Crippen LogP contribution in [0.3, 0.4) is 0 Å². The Morgan fingerprint density at radius 1 is 1.06 bits per heavy atom. The highest BCUT2D eigenvalue weighted by Gasteiger charge is 2.45. The maximum atomic E-state index is 13.4. The van der Waals surface area contributed by atoms with Crippen molar-refractivity contribution in [2.45, 2.75) is 31.2 Å². The summed E-state index contributed by atoms with van der Waals surface area (Å²) >= 11 is 0. The number of halogens is 3. The fourth-order valence-electron chi connectivity index (χ4n) is 5.28. The molecular formula is C22H21F3N4O3. The Hall–Kier alpha value is -2.98. The van der Waals surface area contributed by atoms with Crippen molar-refractivity contribution >= 4 is 11.6 Å². The van der Waals surface area contributed by atoms with Gasteiger partial charge >= 0.3 is 12.1 Å². The Morgan fingerprint density at radius 2 is 1.75 bits per heavy atom. The number of aromatic nitrogens is 3. The van der Waals surface area contributed by atoms with Crippen LogP contribution in [0.2, 0.25) is 0 Å². The lowest BCUT2D eigenvalue weighted by Gasteiger charge is -2.24. The molecule has 10 heteroatoms. The molecule has 0 bridgehead atoms. The molecule has 0 radical (unpaired) electrons. The van der Waals surface area contributed by atoms with Crippen LogP contribution in [0.25, 0.3) is 5.65 Å². The number of alkyl halides is 3. The van der Waals surface area contributed by atoms with Gasteiger partial charge in [-0.25, -0.2) is 4.79 Å². The number of likely N-dealkylation sites (tertiary alicyclic amines) is 1. The smallest absolute Gasteiger partial charge is 0.416 e. The number of carboxylic acid groups (broad SMARTS) is 1. The van der Waals surface area contributed by atoms with Gasteiger partial charge in [-0.2, -0.15) is 13.2 Å². The number of hydrogen-bond acceptors (Lipinski definition) is 5. The van der Waals surface area contributed by atoms with Crippen molar-refractivity contribution in [1.82, 2.24) is 19.5 Å². The first kappa shape index (κ1) is 20.9. The van der Waals surface area contributed by atoms with Crippen LogP contribution >= 0.6 is 0 Å². The second-order valence-electron chi connectivity index (χ2n) is 8.61. The van der Waals surface area contributed by atoms with E-state index in [1.165, 1.54) is 28.8 Å². The number of fused-ring (bicyclic) bond motifs is 2.